The van der Waals surface area contributed by atoms with Gasteiger partial charge < -0.3 is 24.1 Å². The Kier molecular flexibility index (Phi) is 6.87. The molecule has 0 heterocycles. The van der Waals surface area contributed by atoms with Crippen LogP contribution in [0.5, 0.6) is 28.7 Å². The Bertz CT molecular complexity index is 810. The van der Waals surface area contributed by atoms with E-state index in [4.69, 9.17) is 18.9 Å². The normalized spacial score (nSPS) is 10.5. The molecular formula is C19H22N2O6. The number of ether oxygens (including phenoxy) is 4. The van der Waals surface area contributed by atoms with Crippen molar-refractivity contribution in [3.63, 3.8) is 0 Å². The molecule has 1 amide bonds. The summed E-state index contributed by atoms with van der Waals surface area (Å²) < 4.78 is 21.0. The molecule has 27 heavy (non-hydrogen) atoms. The number of hydrogen-bond acceptors (Lipinski definition) is 7. The quantitative estimate of drug-likeness (QED) is 0.544. The molecule has 0 unspecified atom stereocenters. The number of nitrogens with zero attached hydrogens (tertiary/aromatic N) is 1. The zero-order valence-electron chi connectivity index (χ0n) is 15.6. The topological polar surface area (TPSA) is 98.6 Å². The van der Waals surface area contributed by atoms with E-state index < -0.39 is 5.91 Å². The predicted octanol–water partition coefficient (Wildman–Crippen LogP) is 2.58. The SMILES string of the molecule is CCOc1cc(/C=N/NC(=O)c2cc(OC)c(OC)c(OC)c2)ccc1O. The van der Waals surface area contributed by atoms with E-state index in [0.29, 0.717) is 40.7 Å². The molecule has 2 aromatic rings. The molecule has 0 aliphatic carbocycles. The molecule has 0 aliphatic rings. The van der Waals surface area contributed by atoms with Gasteiger partial charge in [0, 0.05) is 5.56 Å². The minimum atomic E-state index is -0.450. The van der Waals surface area contributed by atoms with Crippen LogP contribution >= 0.6 is 0 Å². The molecule has 144 valence electrons. The maximum Gasteiger partial charge on any atom is 0.271 e. The minimum Gasteiger partial charge on any atom is -0.504 e. The van der Waals surface area contributed by atoms with Gasteiger partial charge in [0.25, 0.3) is 5.91 Å². The zero-order valence-corrected chi connectivity index (χ0v) is 15.6. The Labute approximate surface area is 157 Å². The summed E-state index contributed by atoms with van der Waals surface area (Å²) in [5.74, 6) is 1.06. The second-order valence-corrected chi connectivity index (χ2v) is 5.27. The molecule has 0 spiro atoms. The second kappa shape index (κ2) is 9.33. The molecule has 2 aromatic carbocycles. The van der Waals surface area contributed by atoms with Crippen molar-refractivity contribution in [1.29, 1.82) is 0 Å². The van der Waals surface area contributed by atoms with Gasteiger partial charge in [-0.05, 0) is 42.8 Å². The number of phenols is 1. The van der Waals surface area contributed by atoms with Gasteiger partial charge >= 0.3 is 0 Å². The Morgan fingerprint density at radius 2 is 1.74 bits per heavy atom. The molecule has 2 N–H and O–H groups in total. The summed E-state index contributed by atoms with van der Waals surface area (Å²) in [6.07, 6.45) is 1.44. The third kappa shape index (κ3) is 4.81. The van der Waals surface area contributed by atoms with Crippen LogP contribution in [-0.2, 0) is 0 Å². The van der Waals surface area contributed by atoms with E-state index in [2.05, 4.69) is 10.5 Å². The van der Waals surface area contributed by atoms with Crippen LogP contribution in [0.4, 0.5) is 0 Å². The molecule has 8 heteroatoms. The molecule has 0 fully saturated rings. The van der Waals surface area contributed by atoms with Gasteiger partial charge in [0.05, 0.1) is 34.2 Å². The summed E-state index contributed by atoms with van der Waals surface area (Å²) in [7, 11) is 4.42. The molecule has 0 saturated carbocycles. The largest absolute Gasteiger partial charge is 0.504 e. The minimum absolute atomic E-state index is 0.0375. The van der Waals surface area contributed by atoms with Gasteiger partial charge in [-0.2, -0.15) is 5.10 Å². The molecule has 0 aliphatic heterocycles. The monoisotopic (exact) mass is 374 g/mol. The highest BCUT2D eigenvalue weighted by atomic mass is 16.5. The molecule has 0 radical (unpaired) electrons. The Balaban J connectivity index is 2.16. The lowest BCUT2D eigenvalue weighted by Gasteiger charge is -2.13. The number of methoxy groups -OCH3 is 3. The molecule has 2 rings (SSSR count). The van der Waals surface area contributed by atoms with Crippen molar-refractivity contribution in [3.05, 3.63) is 41.5 Å². The van der Waals surface area contributed by atoms with E-state index in [1.165, 1.54) is 45.7 Å². The number of phenolic OH excluding ortho intramolecular Hbond substituents is 1. The lowest BCUT2D eigenvalue weighted by atomic mass is 10.1. The molecule has 0 saturated heterocycles. The summed E-state index contributed by atoms with van der Waals surface area (Å²) in [6.45, 7) is 2.24. The first-order chi connectivity index (χ1) is 13.0. The number of carbonyl (C=O) groups excluding carboxylic acids is 1. The number of hydrazone groups is 1. The predicted molar refractivity (Wildman–Crippen MR) is 100 cm³/mol. The lowest BCUT2D eigenvalue weighted by molar-refractivity contribution is 0.0954. The van der Waals surface area contributed by atoms with Crippen LogP contribution in [-0.4, -0.2) is 45.2 Å². The highest BCUT2D eigenvalue weighted by Gasteiger charge is 2.16. The van der Waals surface area contributed by atoms with Crippen molar-refractivity contribution in [2.24, 2.45) is 5.10 Å². The number of carbonyl (C=O) groups is 1. The van der Waals surface area contributed by atoms with E-state index in [1.807, 2.05) is 6.92 Å². The van der Waals surface area contributed by atoms with Crippen LogP contribution in [0, 0.1) is 0 Å². The van der Waals surface area contributed by atoms with Crippen molar-refractivity contribution < 1.29 is 28.8 Å². The summed E-state index contributed by atoms with van der Waals surface area (Å²) in [4.78, 5) is 12.4. The number of hydrogen-bond donors (Lipinski definition) is 2. The lowest BCUT2D eigenvalue weighted by Crippen LogP contribution is -2.18. The van der Waals surface area contributed by atoms with Crippen molar-refractivity contribution in [3.8, 4) is 28.7 Å². The van der Waals surface area contributed by atoms with Gasteiger partial charge in [0.15, 0.2) is 23.0 Å². The second-order valence-electron chi connectivity index (χ2n) is 5.27. The highest BCUT2D eigenvalue weighted by Crippen LogP contribution is 2.38. The highest BCUT2D eigenvalue weighted by molar-refractivity contribution is 5.96. The molecular weight excluding hydrogens is 352 g/mol. The number of aromatic hydroxyl groups is 1. The first-order valence-corrected chi connectivity index (χ1v) is 8.13. The fourth-order valence-electron chi connectivity index (χ4n) is 2.32. The third-order valence-corrected chi connectivity index (χ3v) is 3.59. The van der Waals surface area contributed by atoms with E-state index in [0.717, 1.165) is 0 Å². The summed E-state index contributed by atoms with van der Waals surface area (Å²) in [5.41, 5.74) is 3.38. The fourth-order valence-corrected chi connectivity index (χ4v) is 2.32. The maximum atomic E-state index is 12.4. The Morgan fingerprint density at radius 3 is 2.30 bits per heavy atom. The van der Waals surface area contributed by atoms with Crippen molar-refractivity contribution >= 4 is 12.1 Å². The number of amides is 1. The Morgan fingerprint density at radius 1 is 1.07 bits per heavy atom. The van der Waals surface area contributed by atoms with Crippen LogP contribution in [0.2, 0.25) is 0 Å². The molecule has 0 atom stereocenters. The Hall–Kier alpha value is -3.42. The average molecular weight is 374 g/mol. The summed E-state index contributed by atoms with van der Waals surface area (Å²) in [6, 6.07) is 7.81. The number of rotatable bonds is 8. The van der Waals surface area contributed by atoms with Crippen LogP contribution in [0.25, 0.3) is 0 Å². The molecule has 0 aromatic heterocycles. The van der Waals surface area contributed by atoms with Crippen molar-refractivity contribution in [1.82, 2.24) is 5.43 Å². The first kappa shape index (κ1) is 19.9. The number of nitrogens with one attached hydrogen (secondary N) is 1. The van der Waals surface area contributed by atoms with E-state index in [9.17, 15) is 9.90 Å². The average Bonchev–Trinajstić information content (AvgIpc) is 2.69. The fraction of sp³-hybridized carbons (Fsp3) is 0.263. The van der Waals surface area contributed by atoms with Gasteiger partial charge in [-0.3, -0.25) is 4.79 Å². The van der Waals surface area contributed by atoms with Gasteiger partial charge in [-0.25, -0.2) is 5.43 Å². The summed E-state index contributed by atoms with van der Waals surface area (Å²) in [5, 5.41) is 13.6. The van der Waals surface area contributed by atoms with Crippen molar-refractivity contribution in [2.45, 2.75) is 6.92 Å². The molecule has 8 nitrogen and oxygen atoms in total. The zero-order chi connectivity index (χ0) is 19.8. The van der Waals surface area contributed by atoms with Gasteiger partial charge in [0.1, 0.15) is 0 Å². The van der Waals surface area contributed by atoms with Crippen LogP contribution in [0.15, 0.2) is 35.4 Å². The van der Waals surface area contributed by atoms with Crippen LogP contribution < -0.4 is 24.4 Å². The first-order valence-electron chi connectivity index (χ1n) is 8.13. The van der Waals surface area contributed by atoms with Gasteiger partial charge in [-0.15, -0.1) is 0 Å². The van der Waals surface area contributed by atoms with Crippen LogP contribution in [0.3, 0.4) is 0 Å². The maximum absolute atomic E-state index is 12.4. The van der Waals surface area contributed by atoms with E-state index >= 15 is 0 Å². The molecule has 0 bridgehead atoms. The van der Waals surface area contributed by atoms with E-state index in [-0.39, 0.29) is 5.75 Å². The standard InChI is InChI=1S/C19H22N2O6/c1-5-27-15-8-12(6-7-14(15)22)11-20-21-19(23)13-9-16(24-2)18(26-4)17(10-13)25-3/h6-11,22H,5H2,1-4H3,(H,21,23)/b20-11+. The van der Waals surface area contributed by atoms with Crippen LogP contribution in [0.1, 0.15) is 22.8 Å². The summed E-state index contributed by atoms with van der Waals surface area (Å²) >= 11 is 0. The number of benzene rings is 2. The smallest absolute Gasteiger partial charge is 0.271 e. The van der Waals surface area contributed by atoms with E-state index in [1.54, 1.807) is 12.1 Å². The van der Waals surface area contributed by atoms with Crippen molar-refractivity contribution in [2.75, 3.05) is 27.9 Å². The van der Waals surface area contributed by atoms with Gasteiger partial charge in [-0.1, -0.05) is 0 Å². The van der Waals surface area contributed by atoms with Gasteiger partial charge in [0.2, 0.25) is 5.75 Å². The third-order valence-electron chi connectivity index (χ3n) is 3.59.